The Bertz CT molecular complexity index is 1270. The molecule has 0 saturated carbocycles. The molecular formula is C24H27N7O. The number of benzene rings is 1. The first kappa shape index (κ1) is 20.4. The van der Waals surface area contributed by atoms with Gasteiger partial charge in [0.25, 0.3) is 5.91 Å². The van der Waals surface area contributed by atoms with Gasteiger partial charge in [-0.05, 0) is 49.6 Å². The molecule has 164 valence electrons. The molecule has 0 bridgehead atoms. The predicted molar refractivity (Wildman–Crippen MR) is 124 cm³/mol. The number of hydrogen-bond acceptors (Lipinski definition) is 5. The second kappa shape index (κ2) is 8.20. The minimum absolute atomic E-state index is 0.0199. The molecule has 8 nitrogen and oxygen atoms in total. The van der Waals surface area contributed by atoms with Crippen LogP contribution in [0.3, 0.4) is 0 Å². The van der Waals surface area contributed by atoms with Crippen molar-refractivity contribution < 1.29 is 4.79 Å². The average Bonchev–Trinajstić information content (AvgIpc) is 3.39. The highest BCUT2D eigenvalue weighted by Crippen LogP contribution is 2.29. The van der Waals surface area contributed by atoms with E-state index in [4.69, 9.17) is 10.7 Å². The van der Waals surface area contributed by atoms with E-state index in [1.54, 1.807) is 6.20 Å². The van der Waals surface area contributed by atoms with Gasteiger partial charge < -0.3 is 15.2 Å². The van der Waals surface area contributed by atoms with Crippen molar-refractivity contribution in [3.8, 4) is 17.2 Å². The molecule has 4 aromatic rings. The third-order valence-electron chi connectivity index (χ3n) is 6.18. The predicted octanol–water partition coefficient (Wildman–Crippen LogP) is 2.95. The summed E-state index contributed by atoms with van der Waals surface area (Å²) in [6.45, 7) is 3.46. The van der Waals surface area contributed by atoms with Crippen molar-refractivity contribution in [1.82, 2.24) is 29.2 Å². The minimum Gasteiger partial charge on any atom is -0.337 e. The molecule has 4 heterocycles. The number of carbonyl (C=O) groups excluding carboxylic acids is 1. The minimum atomic E-state index is 0.0199. The second-order valence-corrected chi connectivity index (χ2v) is 8.31. The second-order valence-electron chi connectivity index (χ2n) is 8.31. The van der Waals surface area contributed by atoms with Gasteiger partial charge in [-0.25, -0.2) is 14.6 Å². The molecule has 0 aliphatic carbocycles. The van der Waals surface area contributed by atoms with Crippen LogP contribution in [0.15, 0.2) is 48.8 Å². The summed E-state index contributed by atoms with van der Waals surface area (Å²) >= 11 is 0. The molecule has 1 fully saturated rings. The van der Waals surface area contributed by atoms with Crippen LogP contribution in [0.1, 0.15) is 35.8 Å². The molecule has 1 saturated heterocycles. The molecule has 1 aliphatic rings. The molecule has 1 amide bonds. The topological polar surface area (TPSA) is 94.9 Å². The molecule has 3 aromatic heterocycles. The largest absolute Gasteiger partial charge is 0.337 e. The molecular weight excluding hydrogens is 402 g/mol. The third-order valence-corrected chi connectivity index (χ3v) is 6.18. The number of fused-ring (bicyclic) bond motifs is 1. The fourth-order valence-corrected chi connectivity index (χ4v) is 4.53. The molecule has 1 atom stereocenters. The van der Waals surface area contributed by atoms with Crippen LogP contribution in [0.2, 0.25) is 0 Å². The van der Waals surface area contributed by atoms with Crippen LogP contribution < -0.4 is 5.73 Å². The Morgan fingerprint density at radius 1 is 1.25 bits per heavy atom. The zero-order valence-corrected chi connectivity index (χ0v) is 18.4. The van der Waals surface area contributed by atoms with Crippen molar-refractivity contribution in [2.75, 3.05) is 13.1 Å². The molecule has 2 N–H and O–H groups in total. The summed E-state index contributed by atoms with van der Waals surface area (Å²) in [5.41, 5.74) is 10.5. The summed E-state index contributed by atoms with van der Waals surface area (Å²) < 4.78 is 3.92. The highest BCUT2D eigenvalue weighted by atomic mass is 16.2. The first-order valence-electron chi connectivity index (χ1n) is 11.1. The fourth-order valence-electron chi connectivity index (χ4n) is 4.53. The number of imidazole rings is 1. The number of carbonyl (C=O) groups is 1. The maximum atomic E-state index is 13.0. The van der Waals surface area contributed by atoms with Gasteiger partial charge in [0.1, 0.15) is 5.82 Å². The molecule has 32 heavy (non-hydrogen) atoms. The first-order chi connectivity index (χ1) is 15.6. The van der Waals surface area contributed by atoms with Crippen LogP contribution in [0.5, 0.6) is 0 Å². The fraction of sp³-hybridized carbons (Fsp3) is 0.333. The van der Waals surface area contributed by atoms with E-state index < -0.39 is 0 Å². The molecule has 1 aromatic carbocycles. The van der Waals surface area contributed by atoms with Gasteiger partial charge in [0.15, 0.2) is 5.82 Å². The number of rotatable bonds is 4. The van der Waals surface area contributed by atoms with Gasteiger partial charge in [-0.2, -0.15) is 5.10 Å². The van der Waals surface area contributed by atoms with Crippen molar-refractivity contribution in [3.63, 3.8) is 0 Å². The third kappa shape index (κ3) is 3.46. The number of amides is 1. The van der Waals surface area contributed by atoms with E-state index in [1.165, 1.54) is 0 Å². The summed E-state index contributed by atoms with van der Waals surface area (Å²) in [4.78, 5) is 24.2. The van der Waals surface area contributed by atoms with Crippen LogP contribution in [-0.4, -0.2) is 54.3 Å². The SMILES string of the molecule is CCc1c(-c2nc3cc(C(=O)N4CCC[C@@H](N)C4)ccc3n2C)cnn1-c1ccccn1. The zero-order chi connectivity index (χ0) is 22.2. The van der Waals surface area contributed by atoms with Gasteiger partial charge in [0.05, 0.1) is 28.5 Å². The van der Waals surface area contributed by atoms with Crippen LogP contribution in [0.4, 0.5) is 0 Å². The highest BCUT2D eigenvalue weighted by molar-refractivity contribution is 5.98. The van der Waals surface area contributed by atoms with E-state index in [-0.39, 0.29) is 11.9 Å². The molecule has 0 spiro atoms. The lowest BCUT2D eigenvalue weighted by atomic mass is 10.1. The summed E-state index contributed by atoms with van der Waals surface area (Å²) in [5.74, 6) is 1.62. The lowest BCUT2D eigenvalue weighted by Gasteiger charge is -2.30. The lowest BCUT2D eigenvalue weighted by molar-refractivity contribution is 0.0709. The molecule has 5 rings (SSSR count). The van der Waals surface area contributed by atoms with Crippen molar-refractivity contribution in [3.05, 3.63) is 60.0 Å². The van der Waals surface area contributed by atoms with Crippen molar-refractivity contribution in [1.29, 1.82) is 0 Å². The smallest absolute Gasteiger partial charge is 0.253 e. The summed E-state index contributed by atoms with van der Waals surface area (Å²) in [6, 6.07) is 11.6. The summed E-state index contributed by atoms with van der Waals surface area (Å²) in [5, 5.41) is 4.59. The summed E-state index contributed by atoms with van der Waals surface area (Å²) in [6.07, 6.45) is 6.31. The number of nitrogens with two attached hydrogens (primary N) is 1. The van der Waals surface area contributed by atoms with E-state index in [9.17, 15) is 4.79 Å². The Labute approximate surface area is 186 Å². The Morgan fingerprint density at radius 2 is 2.12 bits per heavy atom. The van der Waals surface area contributed by atoms with E-state index in [0.29, 0.717) is 12.1 Å². The van der Waals surface area contributed by atoms with E-state index in [2.05, 4.69) is 21.6 Å². The molecule has 0 unspecified atom stereocenters. The number of pyridine rings is 1. The van der Waals surface area contributed by atoms with Gasteiger partial charge >= 0.3 is 0 Å². The number of hydrogen-bond donors (Lipinski definition) is 1. The maximum Gasteiger partial charge on any atom is 0.253 e. The lowest BCUT2D eigenvalue weighted by Crippen LogP contribution is -2.45. The Kier molecular flexibility index (Phi) is 5.22. The normalized spacial score (nSPS) is 16.6. The van der Waals surface area contributed by atoms with Crippen LogP contribution in [0, 0.1) is 0 Å². The van der Waals surface area contributed by atoms with Gasteiger partial charge in [0, 0.05) is 37.9 Å². The number of aryl methyl sites for hydroxylation is 1. The van der Waals surface area contributed by atoms with Crippen LogP contribution in [-0.2, 0) is 13.5 Å². The van der Waals surface area contributed by atoms with Crippen molar-refractivity contribution >= 4 is 16.9 Å². The van der Waals surface area contributed by atoms with Gasteiger partial charge in [-0.15, -0.1) is 0 Å². The molecule has 0 radical (unpaired) electrons. The number of likely N-dealkylation sites (tertiary alicyclic amines) is 1. The van der Waals surface area contributed by atoms with Crippen molar-refractivity contribution in [2.24, 2.45) is 12.8 Å². The Balaban J connectivity index is 1.53. The van der Waals surface area contributed by atoms with Crippen LogP contribution in [0.25, 0.3) is 28.2 Å². The van der Waals surface area contributed by atoms with E-state index >= 15 is 0 Å². The number of nitrogens with zero attached hydrogens (tertiary/aromatic N) is 6. The van der Waals surface area contributed by atoms with Crippen molar-refractivity contribution in [2.45, 2.75) is 32.2 Å². The standard InChI is InChI=1S/C24H27N7O/c1-3-20-18(14-27-31(20)22-8-4-5-11-26-22)23-28-19-13-16(9-10-21(19)29(23)2)24(32)30-12-6-7-17(25)15-30/h4-5,8-11,13-14,17H,3,6-7,12,15,25H2,1-2H3/t17-/m1/s1. The highest BCUT2D eigenvalue weighted by Gasteiger charge is 2.24. The van der Waals surface area contributed by atoms with Gasteiger partial charge in [-0.1, -0.05) is 13.0 Å². The monoisotopic (exact) mass is 429 g/mol. The summed E-state index contributed by atoms with van der Waals surface area (Å²) in [7, 11) is 1.99. The Hall–Kier alpha value is -3.52. The first-order valence-corrected chi connectivity index (χ1v) is 11.1. The maximum absolute atomic E-state index is 13.0. The van der Waals surface area contributed by atoms with Gasteiger partial charge in [-0.3, -0.25) is 4.79 Å². The molecule has 8 heteroatoms. The van der Waals surface area contributed by atoms with E-state index in [0.717, 1.165) is 59.7 Å². The molecule has 1 aliphatic heterocycles. The average molecular weight is 430 g/mol. The number of piperidine rings is 1. The quantitative estimate of drug-likeness (QED) is 0.538. The van der Waals surface area contributed by atoms with E-state index in [1.807, 2.05) is 59.2 Å². The van der Waals surface area contributed by atoms with Crippen LogP contribution >= 0.6 is 0 Å². The number of aromatic nitrogens is 5. The Morgan fingerprint density at radius 3 is 2.88 bits per heavy atom. The van der Waals surface area contributed by atoms with Gasteiger partial charge in [0.2, 0.25) is 0 Å². The zero-order valence-electron chi connectivity index (χ0n) is 18.4.